The molecule has 0 spiro atoms. The van der Waals surface area contributed by atoms with Crippen molar-refractivity contribution in [1.29, 1.82) is 0 Å². The van der Waals surface area contributed by atoms with Crippen molar-refractivity contribution in [2.75, 3.05) is 5.32 Å². The second-order valence-corrected chi connectivity index (χ2v) is 4.01. The van der Waals surface area contributed by atoms with Crippen molar-refractivity contribution in [3.05, 3.63) is 40.1 Å². The van der Waals surface area contributed by atoms with Gasteiger partial charge in [0, 0.05) is 23.5 Å². The van der Waals surface area contributed by atoms with Gasteiger partial charge in [0.05, 0.1) is 6.54 Å². The predicted molar refractivity (Wildman–Crippen MR) is 58.7 cm³/mol. The number of rotatable bonds is 3. The van der Waals surface area contributed by atoms with Crippen LogP contribution in [0.4, 0.5) is 5.69 Å². The Bertz CT molecular complexity index is 402. The molecule has 2 rings (SSSR count). The molecule has 0 aliphatic rings. The first-order valence-corrected chi connectivity index (χ1v) is 5.34. The van der Waals surface area contributed by atoms with Crippen LogP contribution in [0, 0.1) is 0 Å². The summed E-state index contributed by atoms with van der Waals surface area (Å²) in [7, 11) is 0. The van der Waals surface area contributed by atoms with E-state index in [-0.39, 0.29) is 0 Å². The maximum absolute atomic E-state index is 5.74. The Labute approximate surface area is 90.8 Å². The normalized spacial score (nSPS) is 10.1. The SMILES string of the molecule is Clc1cc(NCc2nccs2)ccn1. The fourth-order valence-electron chi connectivity index (χ4n) is 1.03. The first-order valence-electron chi connectivity index (χ1n) is 4.08. The zero-order valence-corrected chi connectivity index (χ0v) is 8.85. The summed E-state index contributed by atoms with van der Waals surface area (Å²) in [5.74, 6) is 0. The van der Waals surface area contributed by atoms with Gasteiger partial charge >= 0.3 is 0 Å². The van der Waals surface area contributed by atoms with Crippen LogP contribution in [-0.4, -0.2) is 9.97 Å². The highest BCUT2D eigenvalue weighted by molar-refractivity contribution is 7.09. The molecule has 0 fully saturated rings. The van der Waals surface area contributed by atoms with Gasteiger partial charge < -0.3 is 5.32 Å². The zero-order chi connectivity index (χ0) is 9.80. The average molecular weight is 226 g/mol. The second kappa shape index (κ2) is 4.39. The lowest BCUT2D eigenvalue weighted by Gasteiger charge is -2.03. The van der Waals surface area contributed by atoms with Crippen molar-refractivity contribution in [3.8, 4) is 0 Å². The van der Waals surface area contributed by atoms with E-state index in [0.29, 0.717) is 5.15 Å². The number of hydrogen-bond acceptors (Lipinski definition) is 4. The number of nitrogens with zero attached hydrogens (tertiary/aromatic N) is 2. The van der Waals surface area contributed by atoms with E-state index in [9.17, 15) is 0 Å². The molecular weight excluding hydrogens is 218 g/mol. The lowest BCUT2D eigenvalue weighted by atomic mass is 10.4. The lowest BCUT2D eigenvalue weighted by molar-refractivity contribution is 1.10. The summed E-state index contributed by atoms with van der Waals surface area (Å²) in [5.41, 5.74) is 0.959. The Morgan fingerprint density at radius 3 is 3.00 bits per heavy atom. The summed E-state index contributed by atoms with van der Waals surface area (Å²) in [6, 6.07) is 3.66. The topological polar surface area (TPSA) is 37.8 Å². The molecule has 1 N–H and O–H groups in total. The molecule has 0 radical (unpaired) electrons. The number of hydrogen-bond donors (Lipinski definition) is 1. The van der Waals surface area contributed by atoms with Crippen molar-refractivity contribution in [1.82, 2.24) is 9.97 Å². The van der Waals surface area contributed by atoms with Gasteiger partial charge in [-0.1, -0.05) is 11.6 Å². The van der Waals surface area contributed by atoms with Crippen LogP contribution in [0.15, 0.2) is 29.9 Å². The molecule has 0 unspecified atom stereocenters. The second-order valence-electron chi connectivity index (χ2n) is 2.65. The van der Waals surface area contributed by atoms with Gasteiger partial charge in [0.25, 0.3) is 0 Å². The minimum absolute atomic E-state index is 0.495. The highest BCUT2D eigenvalue weighted by Gasteiger charge is 1.96. The summed E-state index contributed by atoms with van der Waals surface area (Å²) < 4.78 is 0. The summed E-state index contributed by atoms with van der Waals surface area (Å²) in [5, 5.41) is 6.71. The molecule has 0 saturated carbocycles. The summed E-state index contributed by atoms with van der Waals surface area (Å²) in [6.45, 7) is 0.720. The van der Waals surface area contributed by atoms with Crippen molar-refractivity contribution < 1.29 is 0 Å². The number of anilines is 1. The van der Waals surface area contributed by atoms with Gasteiger partial charge in [-0.25, -0.2) is 9.97 Å². The molecule has 2 heterocycles. The lowest BCUT2D eigenvalue weighted by Crippen LogP contribution is -1.98. The Hall–Kier alpha value is -1.13. The summed E-state index contributed by atoms with van der Waals surface area (Å²) in [6.07, 6.45) is 3.47. The van der Waals surface area contributed by atoms with Gasteiger partial charge in [-0.15, -0.1) is 11.3 Å². The molecule has 0 bridgehead atoms. The average Bonchev–Trinajstić information content (AvgIpc) is 2.67. The van der Waals surface area contributed by atoms with E-state index in [2.05, 4.69) is 15.3 Å². The van der Waals surface area contributed by atoms with Gasteiger partial charge in [-0.05, 0) is 12.1 Å². The van der Waals surface area contributed by atoms with Crippen molar-refractivity contribution >= 4 is 28.6 Å². The van der Waals surface area contributed by atoms with Crippen LogP contribution in [0.2, 0.25) is 5.15 Å². The molecule has 0 saturated heterocycles. The smallest absolute Gasteiger partial charge is 0.131 e. The van der Waals surface area contributed by atoms with E-state index >= 15 is 0 Å². The standard InChI is InChI=1S/C9H8ClN3S/c10-8-5-7(1-2-11-8)13-6-9-12-3-4-14-9/h1-5H,6H2,(H,11,13). The third-order valence-electron chi connectivity index (χ3n) is 1.65. The van der Waals surface area contributed by atoms with Crippen LogP contribution in [0.3, 0.4) is 0 Å². The van der Waals surface area contributed by atoms with E-state index in [1.54, 1.807) is 29.8 Å². The van der Waals surface area contributed by atoms with Crippen molar-refractivity contribution in [2.45, 2.75) is 6.54 Å². The molecule has 5 heteroatoms. The molecule has 2 aromatic heterocycles. The quantitative estimate of drug-likeness (QED) is 0.817. The van der Waals surface area contributed by atoms with E-state index < -0.39 is 0 Å². The van der Waals surface area contributed by atoms with Crippen molar-refractivity contribution in [3.63, 3.8) is 0 Å². The van der Waals surface area contributed by atoms with Crippen LogP contribution in [-0.2, 0) is 6.54 Å². The molecule has 2 aromatic rings. The van der Waals surface area contributed by atoms with Crippen LogP contribution < -0.4 is 5.32 Å². The number of nitrogens with one attached hydrogen (secondary N) is 1. The Kier molecular flexibility index (Phi) is 2.96. The van der Waals surface area contributed by atoms with E-state index in [1.807, 2.05) is 11.4 Å². The number of aromatic nitrogens is 2. The van der Waals surface area contributed by atoms with Gasteiger partial charge in [0.15, 0.2) is 0 Å². The van der Waals surface area contributed by atoms with E-state index in [1.165, 1.54) is 0 Å². The molecule has 0 aliphatic carbocycles. The van der Waals surface area contributed by atoms with Gasteiger partial charge in [0.2, 0.25) is 0 Å². The largest absolute Gasteiger partial charge is 0.378 e. The Morgan fingerprint density at radius 2 is 2.29 bits per heavy atom. The molecule has 3 nitrogen and oxygen atoms in total. The maximum Gasteiger partial charge on any atom is 0.131 e. The predicted octanol–water partition coefficient (Wildman–Crippen LogP) is 2.80. The fraction of sp³-hybridized carbons (Fsp3) is 0.111. The van der Waals surface area contributed by atoms with E-state index in [4.69, 9.17) is 11.6 Å². The van der Waals surface area contributed by atoms with Crippen LogP contribution in [0.1, 0.15) is 5.01 Å². The fourth-order valence-corrected chi connectivity index (χ4v) is 1.76. The molecule has 72 valence electrons. The van der Waals surface area contributed by atoms with Crippen LogP contribution in [0.5, 0.6) is 0 Å². The first kappa shape index (κ1) is 9.43. The zero-order valence-electron chi connectivity index (χ0n) is 7.27. The molecule has 0 aromatic carbocycles. The minimum Gasteiger partial charge on any atom is -0.378 e. The minimum atomic E-state index is 0.495. The number of thiazole rings is 1. The van der Waals surface area contributed by atoms with Gasteiger partial charge in [0.1, 0.15) is 10.2 Å². The maximum atomic E-state index is 5.74. The Morgan fingerprint density at radius 1 is 1.36 bits per heavy atom. The highest BCUT2D eigenvalue weighted by atomic mass is 35.5. The molecule has 0 aliphatic heterocycles. The first-order chi connectivity index (χ1) is 6.84. The summed E-state index contributed by atoms with van der Waals surface area (Å²) >= 11 is 7.37. The van der Waals surface area contributed by atoms with Crippen LogP contribution in [0.25, 0.3) is 0 Å². The van der Waals surface area contributed by atoms with E-state index in [0.717, 1.165) is 17.2 Å². The Balaban J connectivity index is 1.98. The highest BCUT2D eigenvalue weighted by Crippen LogP contribution is 2.13. The van der Waals surface area contributed by atoms with Crippen LogP contribution >= 0.6 is 22.9 Å². The third kappa shape index (κ3) is 2.43. The van der Waals surface area contributed by atoms with Gasteiger partial charge in [-0.3, -0.25) is 0 Å². The van der Waals surface area contributed by atoms with Gasteiger partial charge in [-0.2, -0.15) is 0 Å². The third-order valence-corrected chi connectivity index (χ3v) is 2.64. The monoisotopic (exact) mass is 225 g/mol. The summed E-state index contributed by atoms with van der Waals surface area (Å²) in [4.78, 5) is 8.06. The number of pyridine rings is 1. The number of halogens is 1. The van der Waals surface area contributed by atoms with Crippen molar-refractivity contribution in [2.24, 2.45) is 0 Å². The molecule has 14 heavy (non-hydrogen) atoms. The molecule has 0 amide bonds. The molecular formula is C9H8ClN3S. The molecule has 0 atom stereocenters.